The van der Waals surface area contributed by atoms with Crippen molar-refractivity contribution in [3.05, 3.63) is 35.9 Å². The predicted molar refractivity (Wildman–Crippen MR) is 90.5 cm³/mol. The second-order valence-electron chi connectivity index (χ2n) is 7.69. The summed E-state index contributed by atoms with van der Waals surface area (Å²) < 4.78 is 11.4. The van der Waals surface area contributed by atoms with Crippen LogP contribution in [0.5, 0.6) is 0 Å². The minimum absolute atomic E-state index is 0.324. The fraction of sp³-hybridized carbons (Fsp3) is 0.529. The number of amides is 2. The molecule has 0 aromatic heterocycles. The van der Waals surface area contributed by atoms with E-state index in [0.717, 1.165) is 5.56 Å². The molecule has 1 aromatic rings. The Morgan fingerprint density at radius 3 is 2.17 bits per heavy atom. The highest BCUT2D eigenvalue weighted by Gasteiger charge is 2.54. The maximum atomic E-state index is 12.5. The van der Waals surface area contributed by atoms with Crippen LogP contribution in [-0.2, 0) is 14.0 Å². The first kappa shape index (κ1) is 17.7. The summed E-state index contributed by atoms with van der Waals surface area (Å²) in [4.78, 5) is 26.0. The maximum Gasteiger partial charge on any atom is 0.417 e. The lowest BCUT2D eigenvalue weighted by molar-refractivity contribution is -0.162. The molecule has 2 rings (SSSR count). The van der Waals surface area contributed by atoms with Gasteiger partial charge in [0.05, 0.1) is 0 Å². The minimum atomic E-state index is -1.92. The van der Waals surface area contributed by atoms with Gasteiger partial charge in [-0.15, -0.1) is 0 Å². The number of likely N-dealkylation sites (tertiary alicyclic amines) is 1. The van der Waals surface area contributed by atoms with E-state index in [4.69, 9.17) is 9.16 Å². The highest BCUT2D eigenvalue weighted by atomic mass is 28.4. The molecule has 23 heavy (non-hydrogen) atoms. The molecule has 0 unspecified atom stereocenters. The molecule has 1 aliphatic heterocycles. The highest BCUT2D eigenvalue weighted by Crippen LogP contribution is 2.39. The molecule has 0 aliphatic carbocycles. The molecule has 0 spiro atoms. The summed E-state index contributed by atoms with van der Waals surface area (Å²) in [6.45, 7) is 11.4. The van der Waals surface area contributed by atoms with Gasteiger partial charge in [0.15, 0.2) is 14.4 Å². The molecule has 6 heteroatoms. The van der Waals surface area contributed by atoms with Crippen molar-refractivity contribution in [3.8, 4) is 0 Å². The Morgan fingerprint density at radius 2 is 1.70 bits per heavy atom. The van der Waals surface area contributed by atoms with Crippen molar-refractivity contribution in [1.82, 2.24) is 4.90 Å². The Labute approximate surface area is 138 Å². The number of imide groups is 1. The van der Waals surface area contributed by atoms with E-state index in [1.807, 2.05) is 50.0 Å². The molecular formula is C17H25NO4Si. The number of benzene rings is 1. The first-order valence-corrected chi connectivity index (χ1v) is 11.2. The Kier molecular flexibility index (Phi) is 4.68. The van der Waals surface area contributed by atoms with E-state index in [0.29, 0.717) is 0 Å². The third-order valence-corrected chi connectivity index (χ3v) is 4.22. The Morgan fingerprint density at radius 1 is 1.13 bits per heavy atom. The van der Waals surface area contributed by atoms with Gasteiger partial charge in [-0.3, -0.25) is 4.79 Å². The smallest absolute Gasteiger partial charge is 0.417 e. The van der Waals surface area contributed by atoms with Crippen LogP contribution in [0.3, 0.4) is 0 Å². The van der Waals surface area contributed by atoms with Gasteiger partial charge in [-0.2, -0.15) is 0 Å². The first-order valence-electron chi connectivity index (χ1n) is 7.78. The number of ether oxygens (including phenoxy) is 1. The number of nitrogens with zero attached hydrogens (tertiary/aromatic N) is 1. The number of β-lactam (4-membered cyclic amide) rings is 1. The molecule has 2 atom stereocenters. The van der Waals surface area contributed by atoms with Crippen molar-refractivity contribution >= 4 is 20.3 Å². The summed E-state index contributed by atoms with van der Waals surface area (Å²) in [5.41, 5.74) is 0.227. The van der Waals surface area contributed by atoms with Gasteiger partial charge in [0.25, 0.3) is 5.91 Å². The third-order valence-electron chi connectivity index (χ3n) is 3.26. The third kappa shape index (κ3) is 4.20. The van der Waals surface area contributed by atoms with Crippen molar-refractivity contribution in [1.29, 1.82) is 0 Å². The van der Waals surface area contributed by atoms with E-state index in [1.165, 1.54) is 4.90 Å². The van der Waals surface area contributed by atoms with Crippen LogP contribution in [0, 0.1) is 0 Å². The molecule has 0 bridgehead atoms. The molecule has 5 nitrogen and oxygen atoms in total. The SMILES string of the molecule is CC(C)(C)OC(=O)N1C(=O)[C@H](O[Si](C)(C)C)[C@H]1c1ccccc1. The molecule has 0 radical (unpaired) electrons. The summed E-state index contributed by atoms with van der Waals surface area (Å²) >= 11 is 0. The van der Waals surface area contributed by atoms with Gasteiger partial charge < -0.3 is 9.16 Å². The molecule has 0 saturated carbocycles. The number of hydrogen-bond acceptors (Lipinski definition) is 4. The van der Waals surface area contributed by atoms with Crippen LogP contribution in [0.15, 0.2) is 30.3 Å². The molecule has 1 fully saturated rings. The fourth-order valence-electron chi connectivity index (χ4n) is 2.45. The lowest BCUT2D eigenvalue weighted by atomic mass is 9.91. The zero-order valence-corrected chi connectivity index (χ0v) is 15.6. The molecule has 1 saturated heterocycles. The first-order chi connectivity index (χ1) is 10.5. The van der Waals surface area contributed by atoms with E-state index in [-0.39, 0.29) is 5.91 Å². The molecule has 0 N–H and O–H groups in total. The van der Waals surface area contributed by atoms with Crippen LogP contribution in [0.25, 0.3) is 0 Å². The normalized spacial score (nSPS) is 21.8. The fourth-order valence-corrected chi connectivity index (χ4v) is 3.44. The van der Waals surface area contributed by atoms with Gasteiger partial charge in [0.2, 0.25) is 0 Å². The van der Waals surface area contributed by atoms with E-state index in [9.17, 15) is 9.59 Å². The molecule has 2 amide bonds. The van der Waals surface area contributed by atoms with E-state index >= 15 is 0 Å². The quantitative estimate of drug-likeness (QED) is 0.624. The summed E-state index contributed by atoms with van der Waals surface area (Å²) in [7, 11) is -1.92. The van der Waals surface area contributed by atoms with E-state index < -0.39 is 32.2 Å². The largest absolute Gasteiger partial charge is 0.443 e. The molecule has 1 aromatic carbocycles. The summed E-state index contributed by atoms with van der Waals surface area (Å²) in [6, 6.07) is 9.04. The average molecular weight is 335 g/mol. The molecule has 126 valence electrons. The summed E-state index contributed by atoms with van der Waals surface area (Å²) in [6.07, 6.45) is -1.23. The van der Waals surface area contributed by atoms with Gasteiger partial charge >= 0.3 is 6.09 Å². The zero-order valence-electron chi connectivity index (χ0n) is 14.6. The molecular weight excluding hydrogens is 310 g/mol. The predicted octanol–water partition coefficient (Wildman–Crippen LogP) is 3.73. The maximum absolute atomic E-state index is 12.5. The van der Waals surface area contributed by atoms with Crippen molar-refractivity contribution in [2.24, 2.45) is 0 Å². The zero-order chi connectivity index (χ0) is 17.4. The Bertz CT molecular complexity index is 589. The van der Waals surface area contributed by atoms with E-state index in [1.54, 1.807) is 20.8 Å². The highest BCUT2D eigenvalue weighted by molar-refractivity contribution is 6.70. The second-order valence-corrected chi connectivity index (χ2v) is 12.2. The lowest BCUT2D eigenvalue weighted by Gasteiger charge is -2.47. The number of carbonyl (C=O) groups is 2. The van der Waals surface area contributed by atoms with Gasteiger partial charge in [-0.05, 0) is 46.0 Å². The summed E-state index contributed by atoms with van der Waals surface area (Å²) in [5, 5.41) is 0. The van der Waals surface area contributed by atoms with Gasteiger partial charge in [-0.25, -0.2) is 9.69 Å². The van der Waals surface area contributed by atoms with Crippen LogP contribution in [-0.4, -0.2) is 36.9 Å². The molecule has 1 aliphatic rings. The average Bonchev–Trinajstić information content (AvgIpc) is 2.39. The van der Waals surface area contributed by atoms with Crippen molar-refractivity contribution in [3.63, 3.8) is 0 Å². The van der Waals surface area contributed by atoms with Crippen LogP contribution in [0.4, 0.5) is 4.79 Å². The number of hydrogen-bond donors (Lipinski definition) is 0. The van der Waals surface area contributed by atoms with Crippen molar-refractivity contribution in [2.45, 2.75) is 58.2 Å². The van der Waals surface area contributed by atoms with Gasteiger partial charge in [-0.1, -0.05) is 30.3 Å². The minimum Gasteiger partial charge on any atom is -0.443 e. The molecule has 1 heterocycles. The number of rotatable bonds is 3. The Balaban J connectivity index is 2.28. The Hall–Kier alpha value is -1.66. The van der Waals surface area contributed by atoms with Gasteiger partial charge in [0, 0.05) is 0 Å². The van der Waals surface area contributed by atoms with Crippen molar-refractivity contribution < 1.29 is 18.8 Å². The summed E-state index contributed by atoms with van der Waals surface area (Å²) in [5.74, 6) is -0.324. The van der Waals surface area contributed by atoms with Gasteiger partial charge in [0.1, 0.15) is 11.6 Å². The van der Waals surface area contributed by atoms with E-state index in [2.05, 4.69) is 0 Å². The monoisotopic (exact) mass is 335 g/mol. The lowest BCUT2D eigenvalue weighted by Crippen LogP contribution is -2.64. The van der Waals surface area contributed by atoms with Crippen LogP contribution in [0.1, 0.15) is 32.4 Å². The number of carbonyl (C=O) groups excluding carboxylic acids is 2. The topological polar surface area (TPSA) is 55.8 Å². The van der Waals surface area contributed by atoms with Crippen molar-refractivity contribution in [2.75, 3.05) is 0 Å². The van der Waals surface area contributed by atoms with Crippen LogP contribution >= 0.6 is 0 Å². The van der Waals surface area contributed by atoms with Crippen LogP contribution in [0.2, 0.25) is 19.6 Å². The van der Waals surface area contributed by atoms with Crippen LogP contribution < -0.4 is 0 Å². The second kappa shape index (κ2) is 6.09. The standard InChI is InChI=1S/C17H25NO4Si/c1-17(2,3)21-16(20)18-13(12-10-8-7-9-11-12)14(15(18)19)22-23(4,5)6/h7-11,13-14H,1-6H3/t13-,14-/m1/s1.